The van der Waals surface area contributed by atoms with Gasteiger partial charge in [-0.1, -0.05) is 55.8 Å². The van der Waals surface area contributed by atoms with Gasteiger partial charge in [-0.3, -0.25) is 18.7 Å². The Hall–Kier alpha value is -2.91. The first-order chi connectivity index (χ1) is 16.3. The molecule has 1 N–H and O–H groups in total. The molecule has 0 saturated carbocycles. The number of hydrogen-bond donors (Lipinski definition) is 1. The van der Waals surface area contributed by atoms with Crippen molar-refractivity contribution < 1.29 is 22.8 Å². The molecule has 0 radical (unpaired) electrons. The number of rotatable bonds is 11. The molecule has 190 valence electrons. The van der Waals surface area contributed by atoms with Crippen molar-refractivity contribution in [3.05, 3.63) is 64.7 Å². The molecule has 35 heavy (non-hydrogen) atoms. The largest absolute Gasteiger partial charge is 0.354 e. The summed E-state index contributed by atoms with van der Waals surface area (Å²) in [6.07, 6.45) is 0.984. The molecule has 2 rings (SSSR count). The lowest BCUT2D eigenvalue weighted by Crippen LogP contribution is -2.51. The second-order valence-electron chi connectivity index (χ2n) is 8.80. The van der Waals surface area contributed by atoms with E-state index in [0.29, 0.717) is 22.7 Å². The summed E-state index contributed by atoms with van der Waals surface area (Å²) in [5.74, 6) is -0.963. The zero-order valence-corrected chi connectivity index (χ0v) is 22.2. The van der Waals surface area contributed by atoms with Crippen LogP contribution in [0.2, 0.25) is 5.02 Å². The Balaban J connectivity index is 2.42. The van der Waals surface area contributed by atoms with E-state index in [0.717, 1.165) is 10.6 Å². The fourth-order valence-electron chi connectivity index (χ4n) is 3.34. The highest BCUT2D eigenvalue weighted by atomic mass is 35.5. The van der Waals surface area contributed by atoms with Gasteiger partial charge in [-0.15, -0.1) is 0 Å². The second-order valence-corrected chi connectivity index (χ2v) is 11.1. The van der Waals surface area contributed by atoms with Crippen LogP contribution in [0.1, 0.15) is 43.6 Å². The molecule has 0 fully saturated rings. The lowest BCUT2D eigenvalue weighted by molar-refractivity contribution is -0.139. The van der Waals surface area contributed by atoms with Gasteiger partial charge >= 0.3 is 0 Å². The number of benzene rings is 2. The van der Waals surface area contributed by atoms with Gasteiger partial charge in [0.2, 0.25) is 21.8 Å². The zero-order valence-electron chi connectivity index (χ0n) is 20.6. The normalized spacial score (nSPS) is 12.2. The van der Waals surface area contributed by atoms with Crippen LogP contribution in [0.5, 0.6) is 0 Å². The summed E-state index contributed by atoms with van der Waals surface area (Å²) < 4.78 is 26.2. The zero-order chi connectivity index (χ0) is 26.3. The second kappa shape index (κ2) is 12.2. The summed E-state index contributed by atoms with van der Waals surface area (Å²) >= 11 is 6.30. The Morgan fingerprint density at radius 2 is 1.69 bits per heavy atom. The monoisotopic (exact) mass is 521 g/mol. The number of carbonyl (C=O) groups excluding carboxylic acids is 3. The third-order valence-corrected chi connectivity index (χ3v) is 6.88. The van der Waals surface area contributed by atoms with E-state index in [9.17, 15) is 22.8 Å². The van der Waals surface area contributed by atoms with Crippen LogP contribution in [-0.4, -0.2) is 56.3 Å². The molecule has 8 nitrogen and oxygen atoms in total. The molecular formula is C25H32ClN3O5S. The van der Waals surface area contributed by atoms with Gasteiger partial charge in [0.05, 0.1) is 11.9 Å². The van der Waals surface area contributed by atoms with Crippen molar-refractivity contribution in [1.29, 1.82) is 0 Å². The van der Waals surface area contributed by atoms with Crippen LogP contribution in [0.4, 0.5) is 5.69 Å². The lowest BCUT2D eigenvalue weighted by Gasteiger charge is -2.32. The molecule has 1 unspecified atom stereocenters. The highest BCUT2D eigenvalue weighted by Gasteiger charge is 2.30. The van der Waals surface area contributed by atoms with E-state index in [2.05, 4.69) is 5.32 Å². The van der Waals surface area contributed by atoms with Crippen molar-refractivity contribution in [1.82, 2.24) is 10.2 Å². The van der Waals surface area contributed by atoms with Crippen LogP contribution >= 0.6 is 11.6 Å². The molecule has 0 aliphatic carbocycles. The van der Waals surface area contributed by atoms with Gasteiger partial charge in [-0.25, -0.2) is 8.42 Å². The molecule has 2 aromatic carbocycles. The number of hydrogen-bond acceptors (Lipinski definition) is 5. The van der Waals surface area contributed by atoms with E-state index in [-0.39, 0.29) is 29.8 Å². The highest BCUT2D eigenvalue weighted by molar-refractivity contribution is 7.92. The van der Waals surface area contributed by atoms with Crippen LogP contribution < -0.4 is 9.62 Å². The Kier molecular flexibility index (Phi) is 9.85. The summed E-state index contributed by atoms with van der Waals surface area (Å²) in [7, 11) is -3.89. The maximum absolute atomic E-state index is 13.5. The fraction of sp³-hybridized carbons (Fsp3) is 0.400. The van der Waals surface area contributed by atoms with Crippen LogP contribution in [0, 0.1) is 5.92 Å². The van der Waals surface area contributed by atoms with Crippen molar-refractivity contribution in [2.45, 2.75) is 40.3 Å². The molecule has 10 heteroatoms. The predicted octanol–water partition coefficient (Wildman–Crippen LogP) is 3.50. The summed E-state index contributed by atoms with van der Waals surface area (Å²) in [6, 6.07) is 12.1. The van der Waals surface area contributed by atoms with Gasteiger partial charge in [-0.05, 0) is 43.5 Å². The van der Waals surface area contributed by atoms with Gasteiger partial charge in [0.1, 0.15) is 12.6 Å². The topological polar surface area (TPSA) is 104 Å². The van der Waals surface area contributed by atoms with E-state index in [1.807, 2.05) is 13.8 Å². The maximum Gasteiger partial charge on any atom is 0.244 e. The van der Waals surface area contributed by atoms with Gasteiger partial charge in [0.25, 0.3) is 0 Å². The van der Waals surface area contributed by atoms with Crippen LogP contribution in [-0.2, 0) is 26.2 Å². The van der Waals surface area contributed by atoms with Crippen molar-refractivity contribution >= 4 is 44.9 Å². The van der Waals surface area contributed by atoms with Crippen molar-refractivity contribution in [2.24, 2.45) is 5.92 Å². The number of nitrogens with one attached hydrogen (secondary N) is 1. The molecule has 0 spiro atoms. The molecule has 2 aromatic rings. The first-order valence-electron chi connectivity index (χ1n) is 11.2. The summed E-state index contributed by atoms with van der Waals surface area (Å²) in [5, 5.41) is 3.24. The third-order valence-electron chi connectivity index (χ3n) is 5.37. The van der Waals surface area contributed by atoms with Gasteiger partial charge in [0.15, 0.2) is 5.78 Å². The quantitative estimate of drug-likeness (QED) is 0.456. The number of nitrogens with zero attached hydrogens (tertiary/aromatic N) is 2. The number of Topliss-reactive ketones (excluding diaryl/α,β-unsaturated/α-hetero) is 1. The molecule has 0 heterocycles. The Labute approximate surface area is 212 Å². The number of ketones is 1. The Bertz CT molecular complexity index is 1180. The SMILES string of the molecule is CC(=O)c1cccc(N(CC(=O)N(Cc2ccccc2Cl)C(C)C(=O)NCC(C)C)S(C)(=O)=O)c1. The molecule has 0 aliphatic rings. The number of anilines is 1. The maximum atomic E-state index is 13.5. The average molecular weight is 522 g/mol. The standard InChI is InChI=1S/C25H32ClN3O5S/c1-17(2)14-27-25(32)18(3)28(15-21-9-6-7-12-23(21)26)24(31)16-29(35(5,33)34)22-11-8-10-20(13-22)19(4)30/h6-13,17-18H,14-16H2,1-5H3,(H,27,32). The van der Waals surface area contributed by atoms with E-state index < -0.39 is 28.5 Å². The van der Waals surface area contributed by atoms with Crippen molar-refractivity contribution in [3.8, 4) is 0 Å². The average Bonchev–Trinajstić information content (AvgIpc) is 2.79. The third kappa shape index (κ3) is 8.07. The summed E-state index contributed by atoms with van der Waals surface area (Å²) in [4.78, 5) is 39.5. The minimum Gasteiger partial charge on any atom is -0.354 e. The molecular weight excluding hydrogens is 490 g/mol. The van der Waals surface area contributed by atoms with Gasteiger partial charge in [0, 0.05) is 23.7 Å². The number of halogens is 1. The van der Waals surface area contributed by atoms with Crippen molar-refractivity contribution in [2.75, 3.05) is 23.7 Å². The Morgan fingerprint density at radius 3 is 2.26 bits per heavy atom. The molecule has 1 atom stereocenters. The fourth-order valence-corrected chi connectivity index (χ4v) is 4.38. The van der Waals surface area contributed by atoms with Gasteiger partial charge < -0.3 is 10.2 Å². The Morgan fingerprint density at radius 1 is 1.03 bits per heavy atom. The van der Waals surface area contributed by atoms with E-state index in [1.54, 1.807) is 43.3 Å². The minimum absolute atomic E-state index is 0.0137. The number of amides is 2. The molecule has 0 aromatic heterocycles. The van der Waals surface area contributed by atoms with Gasteiger partial charge in [-0.2, -0.15) is 0 Å². The first kappa shape index (κ1) is 28.3. The molecule has 0 saturated heterocycles. The van der Waals surface area contributed by atoms with Crippen LogP contribution in [0.15, 0.2) is 48.5 Å². The summed E-state index contributed by atoms with van der Waals surface area (Å²) in [5.41, 5.74) is 1.12. The number of sulfonamides is 1. The lowest BCUT2D eigenvalue weighted by atomic mass is 10.1. The van der Waals surface area contributed by atoms with E-state index in [4.69, 9.17) is 11.6 Å². The molecule has 0 aliphatic heterocycles. The van der Waals surface area contributed by atoms with Crippen molar-refractivity contribution in [3.63, 3.8) is 0 Å². The van der Waals surface area contributed by atoms with E-state index >= 15 is 0 Å². The number of carbonyl (C=O) groups is 3. The van der Waals surface area contributed by atoms with E-state index in [1.165, 1.54) is 24.0 Å². The first-order valence-corrected chi connectivity index (χ1v) is 13.4. The predicted molar refractivity (Wildman–Crippen MR) is 138 cm³/mol. The molecule has 2 amide bonds. The smallest absolute Gasteiger partial charge is 0.244 e. The van der Waals surface area contributed by atoms with Crippen LogP contribution in [0.25, 0.3) is 0 Å². The highest BCUT2D eigenvalue weighted by Crippen LogP contribution is 2.22. The minimum atomic E-state index is -3.89. The molecule has 0 bridgehead atoms. The summed E-state index contributed by atoms with van der Waals surface area (Å²) in [6.45, 7) is 6.77. The van der Waals surface area contributed by atoms with Crippen LogP contribution in [0.3, 0.4) is 0 Å².